The Bertz CT molecular complexity index is 384. The Kier molecular flexibility index (Phi) is 5.23. The van der Waals surface area contributed by atoms with Gasteiger partial charge in [0.25, 0.3) is 0 Å². The first kappa shape index (κ1) is 14.4. The normalized spacial score (nSPS) is 23.7. The highest BCUT2D eigenvalue weighted by Gasteiger charge is 2.25. The first-order valence-electron chi connectivity index (χ1n) is 7.34. The lowest BCUT2D eigenvalue weighted by atomic mass is 10.0. The molecule has 1 saturated heterocycles. The van der Waals surface area contributed by atoms with Crippen molar-refractivity contribution in [1.82, 2.24) is 4.90 Å². The topological polar surface area (TPSA) is 38.5 Å². The second-order valence-electron chi connectivity index (χ2n) is 5.73. The lowest BCUT2D eigenvalue weighted by Gasteiger charge is -2.16. The number of likely N-dealkylation sites (tertiary alicyclic amines) is 1. The van der Waals surface area contributed by atoms with Crippen molar-refractivity contribution >= 4 is 0 Å². The van der Waals surface area contributed by atoms with E-state index < -0.39 is 0 Å². The van der Waals surface area contributed by atoms with Crippen LogP contribution in [0.1, 0.15) is 25.8 Å². The Balaban J connectivity index is 1.70. The number of nitrogens with zero attached hydrogens (tertiary/aromatic N) is 1. The van der Waals surface area contributed by atoms with E-state index in [9.17, 15) is 0 Å². The van der Waals surface area contributed by atoms with E-state index in [4.69, 9.17) is 10.5 Å². The highest BCUT2D eigenvalue weighted by Crippen LogP contribution is 2.22. The molecule has 2 N–H and O–H groups in total. The summed E-state index contributed by atoms with van der Waals surface area (Å²) >= 11 is 0. The van der Waals surface area contributed by atoms with Crippen molar-refractivity contribution < 1.29 is 4.74 Å². The summed E-state index contributed by atoms with van der Waals surface area (Å²) < 4.78 is 5.83. The van der Waals surface area contributed by atoms with E-state index in [1.54, 1.807) is 0 Å². The van der Waals surface area contributed by atoms with Gasteiger partial charge in [0.15, 0.2) is 0 Å². The Labute approximate surface area is 116 Å². The van der Waals surface area contributed by atoms with Crippen molar-refractivity contribution in [3.63, 3.8) is 0 Å². The fourth-order valence-corrected chi connectivity index (χ4v) is 2.72. The van der Waals surface area contributed by atoms with Gasteiger partial charge in [-0.25, -0.2) is 0 Å². The molecule has 0 aromatic heterocycles. The summed E-state index contributed by atoms with van der Waals surface area (Å²) in [4.78, 5) is 2.55. The van der Waals surface area contributed by atoms with Gasteiger partial charge in [-0.3, -0.25) is 0 Å². The van der Waals surface area contributed by atoms with Gasteiger partial charge in [-0.2, -0.15) is 0 Å². The molecule has 0 radical (unpaired) electrons. The molecule has 0 bridgehead atoms. The fraction of sp³-hybridized carbons (Fsp3) is 0.625. The summed E-state index contributed by atoms with van der Waals surface area (Å²) in [7, 11) is 0. The monoisotopic (exact) mass is 262 g/mol. The van der Waals surface area contributed by atoms with Crippen LogP contribution in [0.4, 0.5) is 0 Å². The summed E-state index contributed by atoms with van der Waals surface area (Å²) in [5.41, 5.74) is 6.79. The van der Waals surface area contributed by atoms with Crippen molar-refractivity contribution in [2.75, 3.05) is 26.2 Å². The second-order valence-corrected chi connectivity index (χ2v) is 5.73. The van der Waals surface area contributed by atoms with Gasteiger partial charge in [0.2, 0.25) is 0 Å². The predicted octanol–water partition coefficient (Wildman–Crippen LogP) is 2.50. The fourth-order valence-electron chi connectivity index (χ4n) is 2.72. The first-order chi connectivity index (χ1) is 9.20. The molecular weight excluding hydrogens is 236 g/mol. The minimum atomic E-state index is 0.539. The minimum Gasteiger partial charge on any atom is -0.493 e. The van der Waals surface area contributed by atoms with Crippen LogP contribution in [0.5, 0.6) is 5.75 Å². The van der Waals surface area contributed by atoms with E-state index in [0.717, 1.165) is 42.7 Å². The molecule has 0 aliphatic carbocycles. The Morgan fingerprint density at radius 3 is 2.58 bits per heavy atom. The lowest BCUT2D eigenvalue weighted by molar-refractivity contribution is 0.256. The van der Waals surface area contributed by atoms with E-state index in [-0.39, 0.29) is 0 Å². The number of benzene rings is 1. The van der Waals surface area contributed by atoms with Gasteiger partial charge in [-0.05, 0) is 24.3 Å². The lowest BCUT2D eigenvalue weighted by Crippen LogP contribution is -2.23. The van der Waals surface area contributed by atoms with Crippen LogP contribution < -0.4 is 10.5 Å². The summed E-state index contributed by atoms with van der Waals surface area (Å²) in [6, 6.07) is 8.03. The predicted molar refractivity (Wildman–Crippen MR) is 79.2 cm³/mol. The van der Waals surface area contributed by atoms with E-state index in [1.807, 2.05) is 24.3 Å². The largest absolute Gasteiger partial charge is 0.493 e. The molecule has 1 aliphatic rings. The average Bonchev–Trinajstić information content (AvgIpc) is 2.74. The van der Waals surface area contributed by atoms with Gasteiger partial charge in [0.05, 0.1) is 6.61 Å². The van der Waals surface area contributed by atoms with Gasteiger partial charge in [0.1, 0.15) is 5.75 Å². The van der Waals surface area contributed by atoms with Crippen LogP contribution in [0.15, 0.2) is 24.3 Å². The number of hydrogen-bond donors (Lipinski definition) is 1. The highest BCUT2D eigenvalue weighted by atomic mass is 16.5. The van der Waals surface area contributed by atoms with E-state index >= 15 is 0 Å². The van der Waals surface area contributed by atoms with Gasteiger partial charge in [-0.1, -0.05) is 32.0 Å². The SMILES string of the molecule is CC1CN(CCCOc2ccccc2CN)CC1C. The van der Waals surface area contributed by atoms with Crippen molar-refractivity contribution in [3.8, 4) is 5.75 Å². The molecule has 1 heterocycles. The highest BCUT2D eigenvalue weighted by molar-refractivity contribution is 5.32. The molecule has 2 unspecified atom stereocenters. The van der Waals surface area contributed by atoms with Crippen LogP contribution in [0.3, 0.4) is 0 Å². The maximum atomic E-state index is 5.83. The number of ether oxygens (including phenoxy) is 1. The molecular formula is C16H26N2O. The Morgan fingerprint density at radius 2 is 1.89 bits per heavy atom. The summed E-state index contributed by atoms with van der Waals surface area (Å²) in [6.45, 7) is 9.62. The molecule has 19 heavy (non-hydrogen) atoms. The molecule has 0 spiro atoms. The van der Waals surface area contributed by atoms with Gasteiger partial charge >= 0.3 is 0 Å². The summed E-state index contributed by atoms with van der Waals surface area (Å²) in [5, 5.41) is 0. The number of para-hydroxylation sites is 1. The van der Waals surface area contributed by atoms with Gasteiger partial charge in [0, 0.05) is 31.7 Å². The van der Waals surface area contributed by atoms with E-state index in [1.165, 1.54) is 13.1 Å². The molecule has 1 aromatic rings. The average molecular weight is 262 g/mol. The third-order valence-electron chi connectivity index (χ3n) is 4.13. The summed E-state index contributed by atoms with van der Waals surface area (Å²) in [6.07, 6.45) is 1.08. The zero-order valence-electron chi connectivity index (χ0n) is 12.1. The third-order valence-corrected chi connectivity index (χ3v) is 4.13. The molecule has 2 rings (SSSR count). The van der Waals surface area contributed by atoms with Crippen LogP contribution >= 0.6 is 0 Å². The van der Waals surface area contributed by atoms with Gasteiger partial charge in [-0.15, -0.1) is 0 Å². The molecule has 1 aliphatic heterocycles. The maximum absolute atomic E-state index is 5.83. The molecule has 1 fully saturated rings. The van der Waals surface area contributed by atoms with Crippen molar-refractivity contribution in [1.29, 1.82) is 0 Å². The number of rotatable bonds is 6. The maximum Gasteiger partial charge on any atom is 0.123 e. The quantitative estimate of drug-likeness (QED) is 0.801. The number of hydrogen-bond acceptors (Lipinski definition) is 3. The summed E-state index contributed by atoms with van der Waals surface area (Å²) in [5.74, 6) is 2.60. The molecule has 3 nitrogen and oxygen atoms in total. The molecule has 0 amide bonds. The van der Waals surface area contributed by atoms with Crippen molar-refractivity contribution in [2.45, 2.75) is 26.8 Å². The molecule has 2 atom stereocenters. The number of nitrogens with two attached hydrogens (primary N) is 1. The van der Waals surface area contributed by atoms with Crippen LogP contribution in [0, 0.1) is 11.8 Å². The van der Waals surface area contributed by atoms with E-state index in [2.05, 4.69) is 18.7 Å². The zero-order chi connectivity index (χ0) is 13.7. The second kappa shape index (κ2) is 6.92. The minimum absolute atomic E-state index is 0.539. The molecule has 0 saturated carbocycles. The molecule has 106 valence electrons. The standard InChI is InChI=1S/C16H26N2O/c1-13-11-18(12-14(13)2)8-5-9-19-16-7-4-3-6-15(16)10-17/h3-4,6-7,13-14H,5,8-12,17H2,1-2H3. The van der Waals surface area contributed by atoms with E-state index in [0.29, 0.717) is 6.54 Å². The van der Waals surface area contributed by atoms with Gasteiger partial charge < -0.3 is 15.4 Å². The van der Waals surface area contributed by atoms with Crippen LogP contribution in [0.25, 0.3) is 0 Å². The van der Waals surface area contributed by atoms with Crippen molar-refractivity contribution in [2.24, 2.45) is 17.6 Å². The first-order valence-corrected chi connectivity index (χ1v) is 7.34. The molecule has 3 heteroatoms. The third kappa shape index (κ3) is 3.95. The zero-order valence-corrected chi connectivity index (χ0v) is 12.1. The Morgan fingerprint density at radius 1 is 1.21 bits per heavy atom. The smallest absolute Gasteiger partial charge is 0.123 e. The molecule has 1 aromatic carbocycles. The van der Waals surface area contributed by atoms with Crippen molar-refractivity contribution in [3.05, 3.63) is 29.8 Å². The Hall–Kier alpha value is -1.06. The van der Waals surface area contributed by atoms with Crippen LogP contribution in [-0.4, -0.2) is 31.1 Å². The van der Waals surface area contributed by atoms with Crippen LogP contribution in [-0.2, 0) is 6.54 Å². The van der Waals surface area contributed by atoms with Crippen LogP contribution in [0.2, 0.25) is 0 Å².